The van der Waals surface area contributed by atoms with Crippen LogP contribution in [0.5, 0.6) is 0 Å². The van der Waals surface area contributed by atoms with Crippen molar-refractivity contribution in [3.8, 4) is 0 Å². The number of hydrogen-bond acceptors (Lipinski definition) is 3. The van der Waals surface area contributed by atoms with Crippen LogP contribution < -0.4 is 5.73 Å². The zero-order valence-electron chi connectivity index (χ0n) is 12.2. The maximum Gasteiger partial charge on any atom is 0.324 e. The molecule has 4 aliphatic carbocycles. The number of carbonyl (C=O) groups is 2. The first-order chi connectivity index (χ1) is 9.81. The van der Waals surface area contributed by atoms with E-state index in [-0.39, 0.29) is 17.9 Å². The lowest BCUT2D eigenvalue weighted by Gasteiger charge is -2.43. The van der Waals surface area contributed by atoms with Gasteiger partial charge in [-0.3, -0.25) is 9.59 Å². The summed E-state index contributed by atoms with van der Waals surface area (Å²) in [5.74, 6) is -2.88. The van der Waals surface area contributed by atoms with Crippen molar-refractivity contribution < 1.29 is 24.3 Å². The molecule has 0 heterocycles. The monoisotopic (exact) mass is 295 g/mol. The molecule has 5 unspecified atom stereocenters. The summed E-state index contributed by atoms with van der Waals surface area (Å²) in [6, 6.07) is 1.29. The van der Waals surface area contributed by atoms with Crippen molar-refractivity contribution in [1.29, 1.82) is 0 Å². The molecule has 0 aromatic heterocycles. The average molecular weight is 295 g/mol. The number of quaternary nitrogens is 1. The van der Waals surface area contributed by atoms with Crippen LogP contribution in [0.2, 0.25) is 0 Å². The molecule has 0 radical (unpaired) electrons. The molecular formula is C15H23N2O4+. The Kier molecular flexibility index (Phi) is 2.44. The van der Waals surface area contributed by atoms with Gasteiger partial charge in [0.1, 0.15) is 5.54 Å². The Bertz CT molecular complexity index is 516. The molecule has 4 N–H and O–H groups in total. The van der Waals surface area contributed by atoms with Crippen LogP contribution in [0.1, 0.15) is 32.1 Å². The van der Waals surface area contributed by atoms with Crippen molar-refractivity contribution >= 4 is 11.9 Å². The summed E-state index contributed by atoms with van der Waals surface area (Å²) in [5.41, 5.74) is 4.83. The van der Waals surface area contributed by atoms with Gasteiger partial charge in [-0.2, -0.15) is 0 Å². The highest BCUT2D eigenvalue weighted by molar-refractivity contribution is 5.85. The Morgan fingerprint density at radius 1 is 1.14 bits per heavy atom. The predicted molar refractivity (Wildman–Crippen MR) is 73.3 cm³/mol. The molecule has 0 aliphatic heterocycles. The average Bonchev–Trinajstić information content (AvgIpc) is 3.26. The molecule has 0 bridgehead atoms. The number of carboxylic acid groups (broad SMARTS) is 2. The fourth-order valence-corrected chi connectivity index (χ4v) is 5.31. The number of carboxylic acids is 2. The van der Waals surface area contributed by atoms with Crippen molar-refractivity contribution in [1.82, 2.24) is 0 Å². The van der Waals surface area contributed by atoms with Crippen LogP contribution >= 0.6 is 0 Å². The smallest absolute Gasteiger partial charge is 0.324 e. The van der Waals surface area contributed by atoms with Gasteiger partial charge in [0.05, 0.1) is 31.1 Å². The topological polar surface area (TPSA) is 101 Å². The number of fused-ring (bicyclic) bond motifs is 1. The molecule has 0 aromatic rings. The molecular weight excluding hydrogens is 272 g/mol. The fourth-order valence-electron chi connectivity index (χ4n) is 5.31. The molecule has 4 fully saturated rings. The van der Waals surface area contributed by atoms with Crippen LogP contribution in [0.25, 0.3) is 0 Å². The molecule has 5 atom stereocenters. The summed E-state index contributed by atoms with van der Waals surface area (Å²) < 4.78 is 0.886. The molecule has 4 rings (SSSR count). The lowest BCUT2D eigenvalue weighted by Crippen LogP contribution is -2.59. The standard InChI is InChI=1S/C15H22N2O4/c1-17(7-2-3-7,8-4-5-8)9-6-15(16,14(20)21)12-10(9)11(12)13(18)19/h7-12H,2-6,16H2,1H3,(H-,18,19,20,21)/p+1. The third-order valence-electron chi connectivity index (χ3n) is 6.73. The lowest BCUT2D eigenvalue weighted by molar-refractivity contribution is -0.955. The van der Waals surface area contributed by atoms with Gasteiger partial charge in [0.15, 0.2) is 0 Å². The highest BCUT2D eigenvalue weighted by atomic mass is 16.4. The number of nitrogens with zero attached hydrogens (tertiary/aromatic N) is 1. The first-order valence-corrected chi connectivity index (χ1v) is 7.92. The number of hydrogen-bond donors (Lipinski definition) is 3. The van der Waals surface area contributed by atoms with Gasteiger partial charge in [-0.05, 0) is 0 Å². The van der Waals surface area contributed by atoms with Crippen LogP contribution in [0.4, 0.5) is 0 Å². The minimum atomic E-state index is -1.35. The summed E-state index contributed by atoms with van der Waals surface area (Å²) in [5, 5.41) is 18.9. The fraction of sp³-hybridized carbons (Fsp3) is 0.867. The lowest BCUT2D eigenvalue weighted by atomic mass is 9.89. The van der Waals surface area contributed by atoms with Crippen molar-refractivity contribution in [2.45, 2.75) is 55.8 Å². The molecule has 0 amide bonds. The molecule has 21 heavy (non-hydrogen) atoms. The number of rotatable bonds is 5. The van der Waals surface area contributed by atoms with Crippen molar-refractivity contribution in [2.75, 3.05) is 7.05 Å². The summed E-state index contributed by atoms with van der Waals surface area (Å²) in [6.07, 6.45) is 5.17. The van der Waals surface area contributed by atoms with Gasteiger partial charge in [0, 0.05) is 43.9 Å². The van der Waals surface area contributed by atoms with Gasteiger partial charge in [-0.1, -0.05) is 0 Å². The van der Waals surface area contributed by atoms with Crippen LogP contribution in [0, 0.1) is 17.8 Å². The first kappa shape index (κ1) is 13.5. The molecule has 6 nitrogen and oxygen atoms in total. The quantitative estimate of drug-likeness (QED) is 0.632. The Labute approximate surface area is 123 Å². The van der Waals surface area contributed by atoms with Gasteiger partial charge < -0.3 is 20.4 Å². The Morgan fingerprint density at radius 2 is 1.67 bits per heavy atom. The second-order valence-electron chi connectivity index (χ2n) is 7.77. The van der Waals surface area contributed by atoms with Crippen LogP contribution in [0.15, 0.2) is 0 Å². The summed E-state index contributed by atoms with van der Waals surface area (Å²) in [7, 11) is 2.22. The van der Waals surface area contributed by atoms with Gasteiger partial charge in [0.25, 0.3) is 0 Å². The maximum absolute atomic E-state index is 11.6. The van der Waals surface area contributed by atoms with E-state index in [1.54, 1.807) is 0 Å². The van der Waals surface area contributed by atoms with E-state index in [0.717, 1.165) is 4.48 Å². The van der Waals surface area contributed by atoms with Crippen molar-refractivity contribution in [3.63, 3.8) is 0 Å². The van der Waals surface area contributed by atoms with Crippen LogP contribution in [-0.2, 0) is 9.59 Å². The zero-order valence-corrected chi connectivity index (χ0v) is 12.2. The van der Waals surface area contributed by atoms with Crippen molar-refractivity contribution in [3.05, 3.63) is 0 Å². The maximum atomic E-state index is 11.6. The van der Waals surface area contributed by atoms with E-state index in [2.05, 4.69) is 7.05 Å². The van der Waals surface area contributed by atoms with Crippen LogP contribution in [0.3, 0.4) is 0 Å². The van der Waals surface area contributed by atoms with E-state index in [9.17, 15) is 19.8 Å². The van der Waals surface area contributed by atoms with Crippen LogP contribution in [-0.4, -0.2) is 57.3 Å². The number of nitrogens with two attached hydrogens (primary N) is 1. The molecule has 0 aromatic carbocycles. The molecule has 0 spiro atoms. The highest BCUT2D eigenvalue weighted by Gasteiger charge is 2.79. The predicted octanol–water partition coefficient (Wildman–Crippen LogP) is 0.259. The summed E-state index contributed by atoms with van der Waals surface area (Å²) in [4.78, 5) is 23.1. The van der Waals surface area contributed by atoms with Gasteiger partial charge >= 0.3 is 11.9 Å². The molecule has 4 aliphatic rings. The van der Waals surface area contributed by atoms with E-state index >= 15 is 0 Å². The van der Waals surface area contributed by atoms with Gasteiger partial charge in [-0.25, -0.2) is 0 Å². The largest absolute Gasteiger partial charge is 0.481 e. The molecule has 6 heteroatoms. The second-order valence-corrected chi connectivity index (χ2v) is 7.77. The van der Waals surface area contributed by atoms with E-state index < -0.39 is 23.4 Å². The van der Waals surface area contributed by atoms with Gasteiger partial charge in [-0.15, -0.1) is 0 Å². The van der Waals surface area contributed by atoms with E-state index in [1.807, 2.05) is 0 Å². The summed E-state index contributed by atoms with van der Waals surface area (Å²) in [6.45, 7) is 0. The molecule has 116 valence electrons. The Balaban J connectivity index is 1.70. The van der Waals surface area contributed by atoms with E-state index in [4.69, 9.17) is 5.73 Å². The SMILES string of the molecule is C[N+](C1CC1)(C1CC1)C1CC(N)(C(=O)O)C2C(C(=O)O)C21. The Hall–Kier alpha value is -1.14. The first-order valence-electron chi connectivity index (χ1n) is 7.92. The van der Waals surface area contributed by atoms with Crippen molar-refractivity contribution in [2.24, 2.45) is 23.5 Å². The Morgan fingerprint density at radius 3 is 2.05 bits per heavy atom. The van der Waals surface area contributed by atoms with E-state index in [1.165, 1.54) is 25.7 Å². The highest BCUT2D eigenvalue weighted by Crippen LogP contribution is 2.66. The minimum Gasteiger partial charge on any atom is -0.481 e. The minimum absolute atomic E-state index is 0.0465. The normalized spacial score (nSPS) is 45.2. The third-order valence-corrected chi connectivity index (χ3v) is 6.73. The molecule has 0 saturated heterocycles. The van der Waals surface area contributed by atoms with Gasteiger partial charge in [0.2, 0.25) is 0 Å². The number of aliphatic carboxylic acids is 2. The second kappa shape index (κ2) is 3.79. The zero-order chi connectivity index (χ0) is 15.2. The summed E-state index contributed by atoms with van der Waals surface area (Å²) >= 11 is 0. The molecule has 4 saturated carbocycles. The van der Waals surface area contributed by atoms with E-state index in [0.29, 0.717) is 18.5 Å². The third kappa shape index (κ3) is 1.60.